The van der Waals surface area contributed by atoms with Gasteiger partial charge in [0.2, 0.25) is 0 Å². The summed E-state index contributed by atoms with van der Waals surface area (Å²) < 4.78 is 28.4. The zero-order valence-electron chi connectivity index (χ0n) is 12.9. The minimum absolute atomic E-state index is 0.322. The number of allylic oxidation sites excluding steroid dienone is 2. The molecule has 3 atom stereocenters. The molecule has 3 rings (SSSR count). The van der Waals surface area contributed by atoms with Gasteiger partial charge < -0.3 is 10.1 Å². The van der Waals surface area contributed by atoms with E-state index < -0.39 is 9.84 Å². The molecule has 0 heterocycles. The van der Waals surface area contributed by atoms with Crippen molar-refractivity contribution in [3.8, 4) is 5.75 Å². The Kier molecular flexibility index (Phi) is 4.54. The van der Waals surface area contributed by atoms with Crippen LogP contribution in [0.3, 0.4) is 0 Å². The maximum absolute atomic E-state index is 11.4. The molecule has 2 aliphatic carbocycles. The number of rotatable bonds is 7. The second-order valence-corrected chi connectivity index (χ2v) is 8.35. The van der Waals surface area contributed by atoms with Gasteiger partial charge in [0.1, 0.15) is 12.4 Å². The summed E-state index contributed by atoms with van der Waals surface area (Å²) in [5, 5.41) is 3.46. The Morgan fingerprint density at radius 1 is 1.18 bits per heavy atom. The first-order chi connectivity index (χ1) is 10.5. The van der Waals surface area contributed by atoms with Gasteiger partial charge in [-0.1, -0.05) is 12.2 Å². The van der Waals surface area contributed by atoms with Gasteiger partial charge in [-0.05, 0) is 61.4 Å². The lowest BCUT2D eigenvalue weighted by Crippen LogP contribution is -2.28. The van der Waals surface area contributed by atoms with Gasteiger partial charge in [0.25, 0.3) is 0 Å². The molecule has 4 nitrogen and oxygen atoms in total. The maximum atomic E-state index is 11.4. The summed E-state index contributed by atoms with van der Waals surface area (Å²) in [7, 11) is -3.14. The number of nitrogens with one attached hydrogen (secondary N) is 1. The molecule has 0 unspecified atom stereocenters. The Balaban J connectivity index is 1.36. The summed E-state index contributed by atoms with van der Waals surface area (Å²) in [6.45, 7) is 2.46. The lowest BCUT2D eigenvalue weighted by molar-refractivity contribution is 0.304. The van der Waals surface area contributed by atoms with E-state index in [-0.39, 0.29) is 0 Å². The van der Waals surface area contributed by atoms with E-state index in [2.05, 4.69) is 17.5 Å². The topological polar surface area (TPSA) is 55.4 Å². The Hall–Kier alpha value is -1.33. The molecular formula is C17H23NO3S. The van der Waals surface area contributed by atoms with E-state index in [1.165, 1.54) is 19.1 Å². The Bertz CT molecular complexity index is 636. The van der Waals surface area contributed by atoms with E-state index in [0.29, 0.717) is 17.3 Å². The quantitative estimate of drug-likeness (QED) is 0.618. The summed E-state index contributed by atoms with van der Waals surface area (Å²) >= 11 is 0. The molecule has 2 aliphatic rings. The van der Waals surface area contributed by atoms with Crippen LogP contribution in [-0.2, 0) is 9.84 Å². The van der Waals surface area contributed by atoms with Crippen molar-refractivity contribution in [1.82, 2.24) is 5.32 Å². The molecule has 1 aromatic carbocycles. The first-order valence-electron chi connectivity index (χ1n) is 7.84. The van der Waals surface area contributed by atoms with Crippen molar-refractivity contribution in [2.24, 2.45) is 17.8 Å². The van der Waals surface area contributed by atoms with Crippen molar-refractivity contribution in [2.45, 2.75) is 17.7 Å². The summed E-state index contributed by atoms with van der Waals surface area (Å²) in [5.41, 5.74) is 0. The zero-order chi connectivity index (χ0) is 15.6. The number of hydrogen-bond donors (Lipinski definition) is 1. The van der Waals surface area contributed by atoms with Crippen LogP contribution in [0.15, 0.2) is 41.3 Å². The normalized spacial score (nSPS) is 26.5. The lowest BCUT2D eigenvalue weighted by atomic mass is 9.94. The largest absolute Gasteiger partial charge is 0.492 e. The van der Waals surface area contributed by atoms with Crippen LogP contribution < -0.4 is 10.1 Å². The fraction of sp³-hybridized carbons (Fsp3) is 0.529. The molecule has 0 amide bonds. The summed E-state index contributed by atoms with van der Waals surface area (Å²) in [4.78, 5) is 0.322. The van der Waals surface area contributed by atoms with E-state index in [4.69, 9.17) is 4.74 Å². The highest BCUT2D eigenvalue weighted by molar-refractivity contribution is 7.90. The molecule has 0 saturated heterocycles. The minimum atomic E-state index is -3.14. The number of sulfone groups is 1. The number of ether oxygens (including phenoxy) is 1. The highest BCUT2D eigenvalue weighted by Crippen LogP contribution is 2.42. The Labute approximate surface area is 132 Å². The zero-order valence-corrected chi connectivity index (χ0v) is 13.7. The van der Waals surface area contributed by atoms with E-state index in [0.717, 1.165) is 30.8 Å². The van der Waals surface area contributed by atoms with Crippen LogP contribution in [0, 0.1) is 17.8 Å². The van der Waals surface area contributed by atoms with Crippen LogP contribution in [-0.4, -0.2) is 34.4 Å². The highest BCUT2D eigenvalue weighted by atomic mass is 32.2. The lowest BCUT2D eigenvalue weighted by Gasteiger charge is -2.18. The van der Waals surface area contributed by atoms with Crippen molar-refractivity contribution in [1.29, 1.82) is 0 Å². The van der Waals surface area contributed by atoms with Crippen LogP contribution >= 0.6 is 0 Å². The summed E-state index contributed by atoms with van der Waals surface area (Å²) in [6, 6.07) is 6.58. The molecule has 0 radical (unpaired) electrons. The van der Waals surface area contributed by atoms with Gasteiger partial charge in [0.15, 0.2) is 9.84 Å². The molecule has 5 heteroatoms. The predicted molar refractivity (Wildman–Crippen MR) is 86.8 cm³/mol. The predicted octanol–water partition coefficient (Wildman–Crippen LogP) is 2.27. The number of benzene rings is 1. The van der Waals surface area contributed by atoms with Gasteiger partial charge in [0, 0.05) is 12.8 Å². The van der Waals surface area contributed by atoms with Gasteiger partial charge in [-0.3, -0.25) is 0 Å². The van der Waals surface area contributed by atoms with Crippen LogP contribution in [0.25, 0.3) is 0 Å². The fourth-order valence-electron chi connectivity index (χ4n) is 3.44. The van der Waals surface area contributed by atoms with Crippen molar-refractivity contribution < 1.29 is 13.2 Å². The van der Waals surface area contributed by atoms with Crippen molar-refractivity contribution in [3.63, 3.8) is 0 Å². The van der Waals surface area contributed by atoms with Gasteiger partial charge in [0.05, 0.1) is 4.90 Å². The van der Waals surface area contributed by atoms with E-state index in [1.807, 2.05) is 0 Å². The number of hydrogen-bond acceptors (Lipinski definition) is 4. The van der Waals surface area contributed by atoms with Crippen molar-refractivity contribution >= 4 is 9.84 Å². The van der Waals surface area contributed by atoms with Gasteiger partial charge >= 0.3 is 0 Å². The molecule has 1 saturated carbocycles. The second-order valence-electron chi connectivity index (χ2n) is 6.34. The molecule has 1 aromatic rings. The third-order valence-corrected chi connectivity index (χ3v) is 5.75. The third-order valence-electron chi connectivity index (χ3n) is 4.62. The highest BCUT2D eigenvalue weighted by Gasteiger charge is 2.34. The molecule has 0 aromatic heterocycles. The van der Waals surface area contributed by atoms with Gasteiger partial charge in [-0.25, -0.2) is 8.42 Å². The fourth-order valence-corrected chi connectivity index (χ4v) is 4.07. The third kappa shape index (κ3) is 3.70. The molecule has 0 spiro atoms. The smallest absolute Gasteiger partial charge is 0.175 e. The summed E-state index contributed by atoms with van der Waals surface area (Å²) in [5.74, 6) is 3.09. The average molecular weight is 321 g/mol. The van der Waals surface area contributed by atoms with Crippen LogP contribution in [0.5, 0.6) is 5.75 Å². The SMILES string of the molecule is CS(=O)(=O)c1ccc(OCCNC[C@@H]2C[C@H]3C=C[C@H]2C3)cc1. The monoisotopic (exact) mass is 321 g/mol. The second kappa shape index (κ2) is 6.42. The van der Waals surface area contributed by atoms with E-state index in [1.54, 1.807) is 24.3 Å². The molecular weight excluding hydrogens is 298 g/mol. The first kappa shape index (κ1) is 15.6. The van der Waals surface area contributed by atoms with Crippen LogP contribution in [0.4, 0.5) is 0 Å². The van der Waals surface area contributed by atoms with Gasteiger partial charge in [-0.15, -0.1) is 0 Å². The average Bonchev–Trinajstić information content (AvgIpc) is 3.09. The number of fused-ring (bicyclic) bond motifs is 2. The molecule has 2 bridgehead atoms. The Morgan fingerprint density at radius 2 is 1.95 bits per heavy atom. The van der Waals surface area contributed by atoms with Crippen molar-refractivity contribution in [3.05, 3.63) is 36.4 Å². The molecule has 1 N–H and O–H groups in total. The standard InChI is InChI=1S/C17H23NO3S/c1-22(19,20)17-6-4-16(5-7-17)21-9-8-18-12-15-11-13-2-3-14(15)10-13/h2-7,13-15,18H,8-12H2,1H3/t13-,14-,15-/m0/s1. The molecule has 120 valence electrons. The summed E-state index contributed by atoms with van der Waals surface area (Å²) in [6.07, 6.45) is 8.61. The molecule has 0 aliphatic heterocycles. The minimum Gasteiger partial charge on any atom is -0.492 e. The first-order valence-corrected chi connectivity index (χ1v) is 9.73. The van der Waals surface area contributed by atoms with E-state index >= 15 is 0 Å². The van der Waals surface area contributed by atoms with Crippen molar-refractivity contribution in [2.75, 3.05) is 26.0 Å². The molecule has 1 fully saturated rings. The Morgan fingerprint density at radius 3 is 2.55 bits per heavy atom. The molecule has 22 heavy (non-hydrogen) atoms. The maximum Gasteiger partial charge on any atom is 0.175 e. The van der Waals surface area contributed by atoms with E-state index in [9.17, 15) is 8.42 Å². The van der Waals surface area contributed by atoms with Crippen LogP contribution in [0.2, 0.25) is 0 Å². The van der Waals surface area contributed by atoms with Crippen LogP contribution in [0.1, 0.15) is 12.8 Å². The van der Waals surface area contributed by atoms with Gasteiger partial charge in [-0.2, -0.15) is 0 Å².